The fourth-order valence-electron chi connectivity index (χ4n) is 2.29. The second-order valence-electron chi connectivity index (χ2n) is 6.07. The zero-order valence-electron chi connectivity index (χ0n) is 15.8. The van der Waals surface area contributed by atoms with E-state index in [1.807, 2.05) is 6.07 Å². The normalized spacial score (nSPS) is 11.3. The van der Waals surface area contributed by atoms with Gasteiger partial charge in [0.15, 0.2) is 6.61 Å². The number of methoxy groups -OCH3 is 1. The Balaban J connectivity index is 1.92. The quantitative estimate of drug-likeness (QED) is 0.672. The van der Waals surface area contributed by atoms with E-state index in [0.717, 1.165) is 9.87 Å². The second-order valence-corrected chi connectivity index (χ2v) is 8.22. The Bertz CT molecular complexity index is 939. The molecule has 1 amide bonds. The molecule has 0 saturated carbocycles. The number of sulfonamides is 1. The molecule has 9 heteroatoms. The summed E-state index contributed by atoms with van der Waals surface area (Å²) in [6.45, 7) is -0.105. The second kappa shape index (κ2) is 9.45. The van der Waals surface area contributed by atoms with Crippen LogP contribution in [-0.4, -0.2) is 52.4 Å². The predicted molar refractivity (Wildman–Crippen MR) is 103 cm³/mol. The largest absolute Gasteiger partial charge is 0.452 e. The van der Waals surface area contributed by atoms with Crippen molar-refractivity contribution >= 4 is 27.6 Å². The maximum Gasteiger partial charge on any atom is 0.338 e. The van der Waals surface area contributed by atoms with Crippen LogP contribution in [0.3, 0.4) is 0 Å². The van der Waals surface area contributed by atoms with Gasteiger partial charge in [-0.15, -0.1) is 0 Å². The molecule has 0 unspecified atom stereocenters. The molecular weight excluding hydrogens is 384 g/mol. The van der Waals surface area contributed by atoms with Gasteiger partial charge in [-0.05, 0) is 42.0 Å². The van der Waals surface area contributed by atoms with E-state index in [9.17, 15) is 18.0 Å². The number of nitrogens with one attached hydrogen (secondary N) is 1. The summed E-state index contributed by atoms with van der Waals surface area (Å²) in [6.07, 6.45) is 0. The van der Waals surface area contributed by atoms with Crippen molar-refractivity contribution in [2.45, 2.75) is 11.5 Å². The molecule has 0 aliphatic rings. The van der Waals surface area contributed by atoms with Crippen LogP contribution in [0.4, 0.5) is 5.69 Å². The zero-order valence-corrected chi connectivity index (χ0v) is 16.7. The molecule has 150 valence electrons. The molecule has 0 atom stereocenters. The van der Waals surface area contributed by atoms with Crippen LogP contribution < -0.4 is 5.32 Å². The van der Waals surface area contributed by atoms with Gasteiger partial charge in [0.25, 0.3) is 5.91 Å². The predicted octanol–water partition coefficient (Wildman–Crippen LogP) is 1.88. The number of benzene rings is 2. The number of ether oxygens (including phenoxy) is 2. The molecule has 2 aromatic carbocycles. The summed E-state index contributed by atoms with van der Waals surface area (Å²) in [5, 5.41) is 2.54. The molecule has 0 heterocycles. The van der Waals surface area contributed by atoms with Crippen molar-refractivity contribution in [3.05, 3.63) is 59.7 Å². The van der Waals surface area contributed by atoms with Crippen molar-refractivity contribution in [3.63, 3.8) is 0 Å². The highest BCUT2D eigenvalue weighted by molar-refractivity contribution is 7.89. The Morgan fingerprint density at radius 3 is 2.36 bits per heavy atom. The molecule has 2 aromatic rings. The monoisotopic (exact) mass is 406 g/mol. The summed E-state index contributed by atoms with van der Waals surface area (Å²) in [7, 11) is 0.883. The third-order valence-corrected chi connectivity index (χ3v) is 5.55. The lowest BCUT2D eigenvalue weighted by Gasteiger charge is -2.12. The number of hydrogen-bond donors (Lipinski definition) is 1. The highest BCUT2D eigenvalue weighted by Gasteiger charge is 2.17. The first-order valence-corrected chi connectivity index (χ1v) is 9.75. The maximum absolute atomic E-state index is 12.1. The molecule has 8 nitrogen and oxygen atoms in total. The number of carbonyl (C=O) groups excluding carboxylic acids is 2. The van der Waals surface area contributed by atoms with E-state index in [1.54, 1.807) is 25.3 Å². The topological polar surface area (TPSA) is 102 Å². The van der Waals surface area contributed by atoms with Gasteiger partial charge in [0, 0.05) is 26.9 Å². The van der Waals surface area contributed by atoms with E-state index in [4.69, 9.17) is 9.47 Å². The van der Waals surface area contributed by atoms with Gasteiger partial charge in [0.1, 0.15) is 0 Å². The van der Waals surface area contributed by atoms with Gasteiger partial charge in [-0.1, -0.05) is 12.1 Å². The average Bonchev–Trinajstić information content (AvgIpc) is 2.67. The molecular formula is C19H22N2O6S. The van der Waals surface area contributed by atoms with E-state index in [1.165, 1.54) is 38.4 Å². The van der Waals surface area contributed by atoms with Crippen LogP contribution in [0.5, 0.6) is 0 Å². The van der Waals surface area contributed by atoms with Gasteiger partial charge in [0.05, 0.1) is 17.1 Å². The molecule has 0 aromatic heterocycles. The molecule has 2 rings (SSSR count). The number of anilines is 1. The van der Waals surface area contributed by atoms with Crippen LogP contribution in [0.15, 0.2) is 53.4 Å². The molecule has 0 aliphatic carbocycles. The lowest BCUT2D eigenvalue weighted by molar-refractivity contribution is -0.119. The molecule has 0 fully saturated rings. The lowest BCUT2D eigenvalue weighted by Crippen LogP contribution is -2.22. The van der Waals surface area contributed by atoms with Crippen LogP contribution in [0.2, 0.25) is 0 Å². The fraction of sp³-hybridized carbons (Fsp3) is 0.263. The van der Waals surface area contributed by atoms with Gasteiger partial charge < -0.3 is 14.8 Å². The summed E-state index contributed by atoms with van der Waals surface area (Å²) in [5.74, 6) is -1.16. The van der Waals surface area contributed by atoms with E-state index in [2.05, 4.69) is 5.32 Å². The van der Waals surface area contributed by atoms with Crippen LogP contribution in [0.1, 0.15) is 15.9 Å². The van der Waals surface area contributed by atoms with Gasteiger partial charge in [0.2, 0.25) is 10.0 Å². The highest BCUT2D eigenvalue weighted by atomic mass is 32.2. The van der Waals surface area contributed by atoms with Gasteiger partial charge in [-0.25, -0.2) is 17.5 Å². The summed E-state index contributed by atoms with van der Waals surface area (Å²) < 4.78 is 35.2. The number of nitrogens with zero attached hydrogens (tertiary/aromatic N) is 1. The minimum absolute atomic E-state index is 0.109. The highest BCUT2D eigenvalue weighted by Crippen LogP contribution is 2.16. The van der Waals surface area contributed by atoms with Crippen molar-refractivity contribution in [3.8, 4) is 0 Å². The van der Waals surface area contributed by atoms with Gasteiger partial charge in [-0.3, -0.25) is 4.79 Å². The van der Waals surface area contributed by atoms with E-state index in [-0.39, 0.29) is 4.90 Å². The number of hydrogen-bond acceptors (Lipinski definition) is 6. The Kier molecular flexibility index (Phi) is 7.27. The number of amides is 1. The van der Waals surface area contributed by atoms with Gasteiger partial charge in [-0.2, -0.15) is 0 Å². The van der Waals surface area contributed by atoms with Crippen LogP contribution >= 0.6 is 0 Å². The van der Waals surface area contributed by atoms with E-state index in [0.29, 0.717) is 17.9 Å². The average molecular weight is 406 g/mol. The van der Waals surface area contributed by atoms with Crippen molar-refractivity contribution < 1.29 is 27.5 Å². The Hall–Kier alpha value is -2.75. The van der Waals surface area contributed by atoms with Crippen LogP contribution in [0, 0.1) is 0 Å². The lowest BCUT2D eigenvalue weighted by atomic mass is 10.1. The standard InChI is InChI=1S/C19H22N2O6S/c1-21(2)28(24,25)17-9-7-16(8-10-17)20-18(22)13-27-19(23)15-6-4-5-14(11-15)12-26-3/h4-11H,12-13H2,1-3H3,(H,20,22). The minimum Gasteiger partial charge on any atom is -0.452 e. The first kappa shape index (κ1) is 21.5. The Morgan fingerprint density at radius 2 is 1.75 bits per heavy atom. The molecule has 28 heavy (non-hydrogen) atoms. The third kappa shape index (κ3) is 5.62. The first-order chi connectivity index (χ1) is 13.2. The minimum atomic E-state index is -3.54. The summed E-state index contributed by atoms with van der Waals surface area (Å²) in [6, 6.07) is 12.4. The van der Waals surface area contributed by atoms with Gasteiger partial charge >= 0.3 is 5.97 Å². The van der Waals surface area contributed by atoms with Crippen LogP contribution in [0.25, 0.3) is 0 Å². The number of carbonyl (C=O) groups is 2. The van der Waals surface area contributed by atoms with Crippen molar-refractivity contribution in [1.29, 1.82) is 0 Å². The molecule has 0 spiro atoms. The number of esters is 1. The Labute approximate surface area is 164 Å². The Morgan fingerprint density at radius 1 is 1.07 bits per heavy atom. The molecule has 1 N–H and O–H groups in total. The third-order valence-electron chi connectivity index (χ3n) is 3.72. The van der Waals surface area contributed by atoms with Crippen molar-refractivity contribution in [2.24, 2.45) is 0 Å². The number of rotatable bonds is 8. The molecule has 0 bridgehead atoms. The SMILES string of the molecule is COCc1cccc(C(=O)OCC(=O)Nc2ccc(S(=O)(=O)N(C)C)cc2)c1. The summed E-state index contributed by atoms with van der Waals surface area (Å²) in [4.78, 5) is 24.1. The molecule has 0 radical (unpaired) electrons. The maximum atomic E-state index is 12.1. The first-order valence-electron chi connectivity index (χ1n) is 8.31. The fourth-order valence-corrected chi connectivity index (χ4v) is 3.19. The zero-order chi connectivity index (χ0) is 20.7. The van der Waals surface area contributed by atoms with Crippen LogP contribution in [-0.2, 0) is 30.9 Å². The van der Waals surface area contributed by atoms with E-state index < -0.39 is 28.5 Å². The van der Waals surface area contributed by atoms with Crippen molar-refractivity contribution in [1.82, 2.24) is 4.31 Å². The molecule has 0 saturated heterocycles. The summed E-state index contributed by atoms with van der Waals surface area (Å²) >= 11 is 0. The summed E-state index contributed by atoms with van der Waals surface area (Å²) in [5.41, 5.74) is 1.52. The van der Waals surface area contributed by atoms with E-state index >= 15 is 0 Å². The molecule has 0 aliphatic heterocycles. The smallest absolute Gasteiger partial charge is 0.338 e. The van der Waals surface area contributed by atoms with Crippen molar-refractivity contribution in [2.75, 3.05) is 33.1 Å².